The van der Waals surface area contributed by atoms with E-state index in [2.05, 4.69) is 24.2 Å². The average molecular weight is 224 g/mol. The van der Waals surface area contributed by atoms with Crippen molar-refractivity contribution in [3.8, 4) is 0 Å². The van der Waals surface area contributed by atoms with E-state index in [0.717, 1.165) is 31.7 Å². The van der Waals surface area contributed by atoms with Gasteiger partial charge in [0.05, 0.1) is 0 Å². The van der Waals surface area contributed by atoms with E-state index in [-0.39, 0.29) is 5.82 Å². The summed E-state index contributed by atoms with van der Waals surface area (Å²) in [5, 5.41) is 3.27. The monoisotopic (exact) mass is 224 g/mol. The average Bonchev–Trinajstić information content (AvgIpc) is 2.24. The highest BCUT2D eigenvalue weighted by atomic mass is 19.1. The largest absolute Gasteiger partial charge is 0.316 e. The number of aryl methyl sites for hydroxylation is 1. The Labute approximate surface area is 97.5 Å². The Balaban J connectivity index is 2.43. The van der Waals surface area contributed by atoms with Crippen LogP contribution in [0.4, 0.5) is 4.39 Å². The molecule has 0 saturated carbocycles. The topological polar surface area (TPSA) is 15.3 Å². The van der Waals surface area contributed by atoms with Crippen LogP contribution in [0.5, 0.6) is 0 Å². The van der Waals surface area contributed by atoms with Crippen molar-refractivity contribution in [2.75, 3.05) is 26.7 Å². The number of hydrogen-bond acceptors (Lipinski definition) is 2. The third-order valence-corrected chi connectivity index (χ3v) is 2.61. The lowest BCUT2D eigenvalue weighted by Gasteiger charge is -2.17. The van der Waals surface area contributed by atoms with E-state index in [9.17, 15) is 4.39 Å². The summed E-state index contributed by atoms with van der Waals surface area (Å²) in [6.45, 7) is 7.61. The molecule has 0 atom stereocenters. The number of likely N-dealkylation sites (N-methyl/N-ethyl adjacent to an activating group) is 2. The van der Waals surface area contributed by atoms with E-state index in [1.54, 1.807) is 13.0 Å². The number of rotatable bonds is 6. The predicted octanol–water partition coefficient (Wildman–Crippen LogP) is 2.18. The van der Waals surface area contributed by atoms with Crippen molar-refractivity contribution in [2.24, 2.45) is 0 Å². The second kappa shape index (κ2) is 6.61. The van der Waals surface area contributed by atoms with Crippen molar-refractivity contribution in [1.82, 2.24) is 10.2 Å². The molecule has 0 aliphatic rings. The molecule has 1 N–H and O–H groups in total. The van der Waals surface area contributed by atoms with Gasteiger partial charge in [0.2, 0.25) is 0 Å². The van der Waals surface area contributed by atoms with Crippen LogP contribution in [-0.2, 0) is 6.54 Å². The van der Waals surface area contributed by atoms with Crippen LogP contribution >= 0.6 is 0 Å². The molecule has 0 aliphatic heterocycles. The molecule has 0 fully saturated rings. The maximum Gasteiger partial charge on any atom is 0.126 e. The zero-order chi connectivity index (χ0) is 12.0. The molecule has 3 heteroatoms. The molecular formula is C13H21FN2. The minimum Gasteiger partial charge on any atom is -0.316 e. The molecule has 2 nitrogen and oxygen atoms in total. The van der Waals surface area contributed by atoms with Gasteiger partial charge in [0.25, 0.3) is 0 Å². The first kappa shape index (κ1) is 13.1. The number of benzene rings is 1. The van der Waals surface area contributed by atoms with Gasteiger partial charge in [0, 0.05) is 19.6 Å². The second-order valence-corrected chi connectivity index (χ2v) is 4.17. The van der Waals surface area contributed by atoms with Crippen LogP contribution in [0.1, 0.15) is 18.1 Å². The summed E-state index contributed by atoms with van der Waals surface area (Å²) >= 11 is 0. The summed E-state index contributed by atoms with van der Waals surface area (Å²) in [5.74, 6) is -0.113. The number of halogens is 1. The third kappa shape index (κ3) is 4.29. The molecule has 1 aromatic carbocycles. The van der Waals surface area contributed by atoms with Crippen molar-refractivity contribution in [3.05, 3.63) is 35.1 Å². The fourth-order valence-electron chi connectivity index (χ4n) is 1.57. The summed E-state index contributed by atoms with van der Waals surface area (Å²) in [6, 6.07) is 5.45. The van der Waals surface area contributed by atoms with Crippen LogP contribution in [0.3, 0.4) is 0 Å². The van der Waals surface area contributed by atoms with E-state index < -0.39 is 0 Å². The van der Waals surface area contributed by atoms with Crippen LogP contribution < -0.4 is 5.32 Å². The quantitative estimate of drug-likeness (QED) is 0.745. The molecule has 0 saturated heterocycles. The normalized spacial score (nSPS) is 11.1. The molecule has 0 amide bonds. The molecule has 0 heterocycles. The van der Waals surface area contributed by atoms with E-state index >= 15 is 0 Å². The van der Waals surface area contributed by atoms with Gasteiger partial charge in [0.1, 0.15) is 5.82 Å². The first-order valence-corrected chi connectivity index (χ1v) is 5.77. The van der Waals surface area contributed by atoms with E-state index in [1.807, 2.05) is 12.1 Å². The van der Waals surface area contributed by atoms with E-state index in [4.69, 9.17) is 0 Å². The van der Waals surface area contributed by atoms with Crippen LogP contribution in [-0.4, -0.2) is 31.6 Å². The highest BCUT2D eigenvalue weighted by Gasteiger charge is 2.02. The van der Waals surface area contributed by atoms with Gasteiger partial charge in [0.15, 0.2) is 0 Å². The van der Waals surface area contributed by atoms with Crippen molar-refractivity contribution in [3.63, 3.8) is 0 Å². The lowest BCUT2D eigenvalue weighted by atomic mass is 10.1. The third-order valence-electron chi connectivity index (χ3n) is 2.61. The molecular weight excluding hydrogens is 203 g/mol. The van der Waals surface area contributed by atoms with Crippen molar-refractivity contribution < 1.29 is 4.39 Å². The van der Waals surface area contributed by atoms with Gasteiger partial charge in [-0.3, -0.25) is 0 Å². The zero-order valence-corrected chi connectivity index (χ0v) is 10.4. The summed E-state index contributed by atoms with van der Waals surface area (Å²) < 4.78 is 13.3. The maximum atomic E-state index is 13.3. The summed E-state index contributed by atoms with van der Waals surface area (Å²) in [7, 11) is 2.05. The molecule has 0 radical (unpaired) electrons. The standard InChI is InChI=1S/C13H21FN2/c1-4-15-7-8-16(3)10-12-6-5-11(2)13(14)9-12/h5-6,9,15H,4,7-8,10H2,1-3H3. The first-order chi connectivity index (χ1) is 7.63. The van der Waals surface area contributed by atoms with E-state index in [1.165, 1.54) is 0 Å². The van der Waals surface area contributed by atoms with Gasteiger partial charge < -0.3 is 10.2 Å². The molecule has 16 heavy (non-hydrogen) atoms. The van der Waals surface area contributed by atoms with Crippen LogP contribution in [0, 0.1) is 12.7 Å². The molecule has 1 aromatic rings. The molecule has 0 bridgehead atoms. The molecule has 1 rings (SSSR count). The Hall–Kier alpha value is -0.930. The minimum absolute atomic E-state index is 0.113. The number of nitrogens with zero attached hydrogens (tertiary/aromatic N) is 1. The van der Waals surface area contributed by atoms with Gasteiger partial charge in [-0.1, -0.05) is 19.1 Å². The molecule has 0 unspecified atom stereocenters. The van der Waals surface area contributed by atoms with Crippen LogP contribution in [0.15, 0.2) is 18.2 Å². The maximum absolute atomic E-state index is 13.3. The van der Waals surface area contributed by atoms with Gasteiger partial charge in [-0.25, -0.2) is 4.39 Å². The first-order valence-electron chi connectivity index (χ1n) is 5.77. The minimum atomic E-state index is -0.113. The Morgan fingerprint density at radius 3 is 2.75 bits per heavy atom. The number of hydrogen-bond donors (Lipinski definition) is 1. The summed E-state index contributed by atoms with van der Waals surface area (Å²) in [6.07, 6.45) is 0. The van der Waals surface area contributed by atoms with E-state index in [0.29, 0.717) is 5.56 Å². The highest BCUT2D eigenvalue weighted by Crippen LogP contribution is 2.10. The fraction of sp³-hybridized carbons (Fsp3) is 0.538. The molecule has 90 valence electrons. The second-order valence-electron chi connectivity index (χ2n) is 4.17. The molecule has 0 spiro atoms. The summed E-state index contributed by atoms with van der Waals surface area (Å²) in [5.41, 5.74) is 1.74. The van der Waals surface area contributed by atoms with Crippen molar-refractivity contribution in [1.29, 1.82) is 0 Å². The van der Waals surface area contributed by atoms with Gasteiger partial charge in [-0.15, -0.1) is 0 Å². The van der Waals surface area contributed by atoms with Crippen molar-refractivity contribution in [2.45, 2.75) is 20.4 Å². The van der Waals surface area contributed by atoms with Gasteiger partial charge in [-0.2, -0.15) is 0 Å². The number of nitrogens with one attached hydrogen (secondary N) is 1. The lowest BCUT2D eigenvalue weighted by molar-refractivity contribution is 0.325. The molecule has 0 aliphatic carbocycles. The van der Waals surface area contributed by atoms with Gasteiger partial charge >= 0.3 is 0 Å². The predicted molar refractivity (Wildman–Crippen MR) is 66.0 cm³/mol. The van der Waals surface area contributed by atoms with Gasteiger partial charge in [-0.05, 0) is 37.7 Å². The Morgan fingerprint density at radius 1 is 1.38 bits per heavy atom. The van der Waals surface area contributed by atoms with Crippen LogP contribution in [0.25, 0.3) is 0 Å². The fourth-order valence-corrected chi connectivity index (χ4v) is 1.57. The zero-order valence-electron chi connectivity index (χ0n) is 10.4. The van der Waals surface area contributed by atoms with Crippen molar-refractivity contribution >= 4 is 0 Å². The Kier molecular flexibility index (Phi) is 5.43. The molecule has 0 aromatic heterocycles. The Morgan fingerprint density at radius 2 is 2.12 bits per heavy atom. The smallest absolute Gasteiger partial charge is 0.126 e. The highest BCUT2D eigenvalue weighted by molar-refractivity contribution is 5.23. The summed E-state index contributed by atoms with van der Waals surface area (Å²) in [4.78, 5) is 2.19. The van der Waals surface area contributed by atoms with Crippen LogP contribution in [0.2, 0.25) is 0 Å². The Bertz CT molecular complexity index is 326. The SMILES string of the molecule is CCNCCN(C)Cc1ccc(C)c(F)c1. The lowest BCUT2D eigenvalue weighted by Crippen LogP contribution is -2.28.